The van der Waals surface area contributed by atoms with Crippen LogP contribution < -0.4 is 5.32 Å². The maximum absolute atomic E-state index is 12.0. The summed E-state index contributed by atoms with van der Waals surface area (Å²) in [6.07, 6.45) is 2.21. The number of carbonyl (C=O) groups excluding carboxylic acids is 2. The highest BCUT2D eigenvalue weighted by atomic mass is 16.5. The number of ether oxygens (including phenoxy) is 1. The molecule has 1 amide bonds. The van der Waals surface area contributed by atoms with Crippen molar-refractivity contribution in [3.63, 3.8) is 0 Å². The van der Waals surface area contributed by atoms with Gasteiger partial charge in [0, 0.05) is 25.1 Å². The van der Waals surface area contributed by atoms with Crippen LogP contribution in [0.2, 0.25) is 0 Å². The number of amides is 1. The molecule has 118 valence electrons. The first-order chi connectivity index (χ1) is 10.7. The number of hydrogen-bond donors (Lipinski definition) is 1. The first kappa shape index (κ1) is 15.0. The Morgan fingerprint density at radius 1 is 1.45 bits per heavy atom. The van der Waals surface area contributed by atoms with Gasteiger partial charge in [-0.2, -0.15) is 0 Å². The zero-order chi connectivity index (χ0) is 15.5. The predicted molar refractivity (Wildman–Crippen MR) is 82.7 cm³/mol. The lowest BCUT2D eigenvalue weighted by atomic mass is 9.86. The summed E-state index contributed by atoms with van der Waals surface area (Å²) in [6.45, 7) is 4.74. The third kappa shape index (κ3) is 2.86. The van der Waals surface area contributed by atoms with Crippen molar-refractivity contribution in [1.82, 2.24) is 10.2 Å². The van der Waals surface area contributed by atoms with Gasteiger partial charge in [0.05, 0.1) is 12.6 Å². The normalized spacial score (nSPS) is 20.2. The Morgan fingerprint density at radius 3 is 3.14 bits per heavy atom. The summed E-state index contributed by atoms with van der Waals surface area (Å²) in [7, 11) is 0. The van der Waals surface area contributed by atoms with Crippen LogP contribution in [0.15, 0.2) is 18.2 Å². The summed E-state index contributed by atoms with van der Waals surface area (Å²) in [5.41, 5.74) is 3.29. The van der Waals surface area contributed by atoms with Gasteiger partial charge in [-0.15, -0.1) is 0 Å². The first-order valence-corrected chi connectivity index (χ1v) is 8.00. The number of carbonyl (C=O) groups is 2. The summed E-state index contributed by atoms with van der Waals surface area (Å²) in [6, 6.07) is 6.23. The van der Waals surface area contributed by atoms with Crippen molar-refractivity contribution in [1.29, 1.82) is 0 Å². The number of nitrogens with zero attached hydrogens (tertiary/aromatic N) is 1. The molecule has 0 bridgehead atoms. The van der Waals surface area contributed by atoms with E-state index in [-0.39, 0.29) is 17.9 Å². The highest BCUT2D eigenvalue weighted by Gasteiger charge is 2.34. The van der Waals surface area contributed by atoms with E-state index in [2.05, 4.69) is 16.3 Å². The fraction of sp³-hybridized carbons (Fsp3) is 0.529. The molecule has 2 aliphatic rings. The SMILES string of the molecule is CCOC(=O)CCCN1CCc2cccc3c2C1CNC3=O. The van der Waals surface area contributed by atoms with Gasteiger partial charge in [-0.05, 0) is 43.5 Å². The van der Waals surface area contributed by atoms with Crippen LogP contribution in [0.3, 0.4) is 0 Å². The first-order valence-electron chi connectivity index (χ1n) is 8.00. The molecule has 5 heteroatoms. The largest absolute Gasteiger partial charge is 0.466 e. The van der Waals surface area contributed by atoms with Gasteiger partial charge in [-0.3, -0.25) is 14.5 Å². The van der Waals surface area contributed by atoms with Gasteiger partial charge >= 0.3 is 5.97 Å². The van der Waals surface area contributed by atoms with Gasteiger partial charge in [0.15, 0.2) is 0 Å². The van der Waals surface area contributed by atoms with Crippen molar-refractivity contribution in [3.05, 3.63) is 34.9 Å². The molecule has 1 aromatic carbocycles. The molecular formula is C17H22N2O3. The number of nitrogens with one attached hydrogen (secondary N) is 1. The van der Waals surface area contributed by atoms with E-state index >= 15 is 0 Å². The smallest absolute Gasteiger partial charge is 0.305 e. The molecular weight excluding hydrogens is 280 g/mol. The van der Waals surface area contributed by atoms with Gasteiger partial charge in [-0.25, -0.2) is 0 Å². The summed E-state index contributed by atoms with van der Waals surface area (Å²) in [5, 5.41) is 2.98. The fourth-order valence-corrected chi connectivity index (χ4v) is 3.47. The lowest BCUT2D eigenvalue weighted by Crippen LogP contribution is -2.47. The van der Waals surface area contributed by atoms with Crippen molar-refractivity contribution < 1.29 is 14.3 Å². The van der Waals surface area contributed by atoms with Gasteiger partial charge in [0.2, 0.25) is 0 Å². The van der Waals surface area contributed by atoms with E-state index in [0.717, 1.165) is 31.5 Å². The standard InChI is InChI=1S/C17H22N2O3/c1-2-22-15(20)7-4-9-19-10-8-12-5-3-6-13-16(12)14(19)11-18-17(13)21/h3,5-6,14H,2,4,7-11H2,1H3,(H,18,21). The predicted octanol–water partition coefficient (Wildman–Crippen LogP) is 1.67. The van der Waals surface area contributed by atoms with Crippen LogP contribution in [-0.4, -0.2) is 43.0 Å². The Morgan fingerprint density at radius 2 is 2.32 bits per heavy atom. The molecule has 0 radical (unpaired) electrons. The summed E-state index contributed by atoms with van der Waals surface area (Å²) >= 11 is 0. The third-order valence-electron chi connectivity index (χ3n) is 4.47. The van der Waals surface area contributed by atoms with Crippen LogP contribution in [0.1, 0.15) is 47.3 Å². The molecule has 2 aliphatic heterocycles. The lowest BCUT2D eigenvalue weighted by Gasteiger charge is -2.40. The van der Waals surface area contributed by atoms with Crippen molar-refractivity contribution >= 4 is 11.9 Å². The van der Waals surface area contributed by atoms with Gasteiger partial charge in [0.25, 0.3) is 5.91 Å². The lowest BCUT2D eigenvalue weighted by molar-refractivity contribution is -0.143. The topological polar surface area (TPSA) is 58.6 Å². The van der Waals surface area contributed by atoms with Crippen LogP contribution >= 0.6 is 0 Å². The Bertz CT molecular complexity index is 585. The van der Waals surface area contributed by atoms with Crippen LogP contribution in [0.25, 0.3) is 0 Å². The molecule has 0 spiro atoms. The van der Waals surface area contributed by atoms with Gasteiger partial charge in [0.1, 0.15) is 0 Å². The number of rotatable bonds is 5. The second-order valence-corrected chi connectivity index (χ2v) is 5.80. The summed E-state index contributed by atoms with van der Waals surface area (Å²) in [5.74, 6) is -0.0981. The molecule has 1 aromatic rings. The van der Waals surface area contributed by atoms with Crippen LogP contribution in [0.5, 0.6) is 0 Å². The van der Waals surface area contributed by atoms with Gasteiger partial charge < -0.3 is 10.1 Å². The molecule has 1 atom stereocenters. The van der Waals surface area contributed by atoms with Crippen molar-refractivity contribution in [2.45, 2.75) is 32.2 Å². The summed E-state index contributed by atoms with van der Waals surface area (Å²) in [4.78, 5) is 25.8. The zero-order valence-corrected chi connectivity index (χ0v) is 12.9. The Kier molecular flexibility index (Phi) is 4.43. The Hall–Kier alpha value is -1.88. The maximum Gasteiger partial charge on any atom is 0.305 e. The number of hydrogen-bond acceptors (Lipinski definition) is 4. The second-order valence-electron chi connectivity index (χ2n) is 5.80. The van der Waals surface area contributed by atoms with E-state index in [1.54, 1.807) is 0 Å². The molecule has 5 nitrogen and oxygen atoms in total. The molecule has 0 saturated carbocycles. The minimum Gasteiger partial charge on any atom is -0.466 e. The van der Waals surface area contributed by atoms with E-state index in [0.29, 0.717) is 19.6 Å². The van der Waals surface area contributed by atoms with Crippen LogP contribution in [0.4, 0.5) is 0 Å². The highest BCUT2D eigenvalue weighted by molar-refractivity contribution is 5.97. The maximum atomic E-state index is 12.0. The molecule has 22 heavy (non-hydrogen) atoms. The highest BCUT2D eigenvalue weighted by Crippen LogP contribution is 2.34. The average molecular weight is 302 g/mol. The van der Waals surface area contributed by atoms with E-state index in [9.17, 15) is 9.59 Å². The van der Waals surface area contributed by atoms with Gasteiger partial charge in [-0.1, -0.05) is 12.1 Å². The average Bonchev–Trinajstić information content (AvgIpc) is 2.52. The fourth-order valence-electron chi connectivity index (χ4n) is 3.47. The Labute approximate surface area is 130 Å². The zero-order valence-electron chi connectivity index (χ0n) is 12.9. The molecule has 0 saturated heterocycles. The molecule has 0 aromatic heterocycles. The molecule has 3 rings (SSSR count). The number of benzene rings is 1. The van der Waals surface area contributed by atoms with Crippen molar-refractivity contribution in [3.8, 4) is 0 Å². The van der Waals surface area contributed by atoms with Crippen LogP contribution in [0, 0.1) is 0 Å². The van der Waals surface area contributed by atoms with E-state index in [1.807, 2.05) is 19.1 Å². The molecule has 1 unspecified atom stereocenters. The van der Waals surface area contributed by atoms with Crippen molar-refractivity contribution in [2.75, 3.05) is 26.2 Å². The minimum absolute atomic E-state index is 0.0291. The minimum atomic E-state index is -0.127. The van der Waals surface area contributed by atoms with Crippen molar-refractivity contribution in [2.24, 2.45) is 0 Å². The molecule has 2 heterocycles. The molecule has 0 aliphatic carbocycles. The second kappa shape index (κ2) is 6.48. The summed E-state index contributed by atoms with van der Waals surface area (Å²) < 4.78 is 4.97. The van der Waals surface area contributed by atoms with E-state index in [4.69, 9.17) is 4.74 Å². The Balaban J connectivity index is 1.69. The molecule has 0 fully saturated rings. The van der Waals surface area contributed by atoms with E-state index in [1.165, 1.54) is 11.1 Å². The van der Waals surface area contributed by atoms with Crippen LogP contribution in [-0.2, 0) is 16.0 Å². The monoisotopic (exact) mass is 302 g/mol. The number of esters is 1. The quantitative estimate of drug-likeness (QED) is 0.841. The molecule has 1 N–H and O–H groups in total. The third-order valence-corrected chi connectivity index (χ3v) is 4.47. The van der Waals surface area contributed by atoms with E-state index < -0.39 is 0 Å².